The smallest absolute Gasteiger partial charge is 0.273 e. The largest absolute Gasteiger partial charge is 0.294 e. The number of hydrogen-bond donors (Lipinski definition) is 1. The Kier molecular flexibility index (Phi) is 3.10. The molecule has 0 amide bonds. The normalized spacial score (nSPS) is 15.7. The number of rotatable bonds is 3. The summed E-state index contributed by atoms with van der Waals surface area (Å²) in [5.41, 5.74) is 0.842. The topological polar surface area (TPSA) is 90.9 Å². The zero-order chi connectivity index (χ0) is 13.6. The summed E-state index contributed by atoms with van der Waals surface area (Å²) in [6, 6.07) is 7.82. The highest BCUT2D eigenvalue weighted by Crippen LogP contribution is 2.39. The van der Waals surface area contributed by atoms with Gasteiger partial charge in [0.2, 0.25) is 0 Å². The lowest BCUT2D eigenvalue weighted by atomic mass is 10.2. The molecule has 3 rings (SSSR count). The molecule has 1 aliphatic carbocycles. The summed E-state index contributed by atoms with van der Waals surface area (Å²) in [5, 5.41) is 12.8. The van der Waals surface area contributed by atoms with Gasteiger partial charge in [-0.1, -0.05) is 12.1 Å². The third-order valence-corrected chi connectivity index (χ3v) is 4.44. The van der Waals surface area contributed by atoms with Crippen molar-refractivity contribution >= 4 is 32.6 Å². The van der Waals surface area contributed by atoms with Crippen LogP contribution in [0.25, 0.3) is 11.4 Å². The van der Waals surface area contributed by atoms with E-state index in [-0.39, 0.29) is 11.2 Å². The van der Waals surface area contributed by atoms with Gasteiger partial charge in [0.1, 0.15) is 0 Å². The maximum Gasteiger partial charge on any atom is 0.273 e. The van der Waals surface area contributed by atoms with E-state index >= 15 is 0 Å². The fourth-order valence-electron chi connectivity index (χ4n) is 1.93. The number of halogens is 1. The van der Waals surface area contributed by atoms with Crippen LogP contribution in [0.4, 0.5) is 0 Å². The van der Waals surface area contributed by atoms with Crippen LogP contribution in [-0.2, 0) is 10.0 Å². The summed E-state index contributed by atoms with van der Waals surface area (Å²) in [4.78, 5) is 0. The second kappa shape index (κ2) is 4.53. The molecule has 6 nitrogen and oxygen atoms in total. The lowest BCUT2D eigenvalue weighted by Crippen LogP contribution is -2.18. The average molecular weight is 390 g/mol. The Morgan fingerprint density at radius 1 is 1.21 bits per heavy atom. The minimum atomic E-state index is -3.85. The Balaban J connectivity index is 2.17. The molecule has 0 aliphatic heterocycles. The minimum Gasteiger partial charge on any atom is -0.294 e. The van der Waals surface area contributed by atoms with Crippen LogP contribution in [0.1, 0.15) is 18.9 Å². The summed E-state index contributed by atoms with van der Waals surface area (Å²) in [6.45, 7) is 0. The molecule has 8 heteroatoms. The quantitative estimate of drug-likeness (QED) is 0.805. The first-order valence-electron chi connectivity index (χ1n) is 5.70. The predicted molar refractivity (Wildman–Crippen MR) is 77.8 cm³/mol. The summed E-state index contributed by atoms with van der Waals surface area (Å²) in [5.74, 6) is 0.558. The highest BCUT2D eigenvalue weighted by Gasteiger charge is 2.33. The van der Waals surface area contributed by atoms with E-state index in [0.717, 1.165) is 22.0 Å². The van der Waals surface area contributed by atoms with Crippen LogP contribution in [0.2, 0.25) is 0 Å². The van der Waals surface area contributed by atoms with Crippen LogP contribution >= 0.6 is 22.6 Å². The van der Waals surface area contributed by atoms with Crippen molar-refractivity contribution in [1.82, 2.24) is 14.8 Å². The van der Waals surface area contributed by atoms with E-state index in [1.54, 1.807) is 4.57 Å². The van der Waals surface area contributed by atoms with Crippen molar-refractivity contribution in [3.63, 3.8) is 0 Å². The molecular formula is C11H11IN4O2S. The lowest BCUT2D eigenvalue weighted by molar-refractivity contribution is 0.567. The van der Waals surface area contributed by atoms with Crippen molar-refractivity contribution in [1.29, 1.82) is 0 Å². The van der Waals surface area contributed by atoms with E-state index in [4.69, 9.17) is 5.14 Å². The van der Waals surface area contributed by atoms with Crippen molar-refractivity contribution < 1.29 is 8.42 Å². The Bertz CT molecular complexity index is 720. The van der Waals surface area contributed by atoms with Gasteiger partial charge in [0.25, 0.3) is 15.2 Å². The van der Waals surface area contributed by atoms with Crippen LogP contribution in [0.15, 0.2) is 29.4 Å². The van der Waals surface area contributed by atoms with Crippen molar-refractivity contribution in [3.8, 4) is 11.4 Å². The number of sulfonamides is 1. The van der Waals surface area contributed by atoms with E-state index in [2.05, 4.69) is 32.8 Å². The maximum atomic E-state index is 11.5. The summed E-state index contributed by atoms with van der Waals surface area (Å²) in [6.07, 6.45) is 1.86. The number of nitrogens with two attached hydrogens (primary N) is 1. The van der Waals surface area contributed by atoms with Crippen molar-refractivity contribution in [3.05, 3.63) is 27.8 Å². The van der Waals surface area contributed by atoms with Gasteiger partial charge in [0.15, 0.2) is 5.82 Å². The molecule has 0 unspecified atom stereocenters. The molecule has 1 aliphatic rings. The highest BCUT2D eigenvalue weighted by molar-refractivity contribution is 14.1. The molecular weight excluding hydrogens is 379 g/mol. The first-order valence-corrected chi connectivity index (χ1v) is 8.33. The van der Waals surface area contributed by atoms with Gasteiger partial charge in [-0.25, -0.2) is 13.6 Å². The third-order valence-electron chi connectivity index (χ3n) is 2.93. The van der Waals surface area contributed by atoms with Gasteiger partial charge in [0.05, 0.1) is 0 Å². The number of aromatic nitrogens is 3. The summed E-state index contributed by atoms with van der Waals surface area (Å²) >= 11 is 2.21. The SMILES string of the molecule is NS(=O)(=O)c1nnc(-c2ccc(I)cc2)n1C1CC1. The molecule has 1 aromatic carbocycles. The number of benzene rings is 1. The fourth-order valence-corrected chi connectivity index (χ4v) is 2.95. The molecule has 19 heavy (non-hydrogen) atoms. The predicted octanol–water partition coefficient (Wildman–Crippen LogP) is 1.53. The van der Waals surface area contributed by atoms with Gasteiger partial charge in [-0.15, -0.1) is 10.2 Å². The Morgan fingerprint density at radius 3 is 2.37 bits per heavy atom. The number of primary sulfonamides is 1. The van der Waals surface area contributed by atoms with Crippen molar-refractivity contribution in [2.45, 2.75) is 24.0 Å². The monoisotopic (exact) mass is 390 g/mol. The van der Waals surface area contributed by atoms with Gasteiger partial charge >= 0.3 is 0 Å². The fraction of sp³-hybridized carbons (Fsp3) is 0.273. The second-order valence-corrected chi connectivity index (χ2v) is 7.16. The van der Waals surface area contributed by atoms with E-state index in [1.165, 1.54) is 0 Å². The lowest BCUT2D eigenvalue weighted by Gasteiger charge is -2.07. The second-order valence-electron chi connectivity index (χ2n) is 4.46. The third kappa shape index (κ3) is 2.51. The molecule has 1 fully saturated rings. The maximum absolute atomic E-state index is 11.5. The van der Waals surface area contributed by atoms with Crippen LogP contribution < -0.4 is 5.14 Å². The molecule has 2 aromatic rings. The molecule has 1 heterocycles. The minimum absolute atomic E-state index is 0.137. The van der Waals surface area contributed by atoms with Gasteiger partial charge in [0, 0.05) is 15.2 Å². The zero-order valence-corrected chi connectivity index (χ0v) is 12.8. The molecule has 0 bridgehead atoms. The van der Waals surface area contributed by atoms with E-state index in [0.29, 0.717) is 5.82 Å². The Hall–Kier alpha value is -1.00. The molecule has 2 N–H and O–H groups in total. The first kappa shape index (κ1) is 13.0. The standard InChI is InChI=1S/C11H11IN4O2S/c12-8-3-1-7(2-4-8)10-14-15-11(19(13,17)18)16(10)9-5-6-9/h1-4,9H,5-6H2,(H2,13,17,18). The Morgan fingerprint density at radius 2 is 1.84 bits per heavy atom. The van der Waals surface area contributed by atoms with E-state index in [9.17, 15) is 8.42 Å². The molecule has 100 valence electrons. The molecule has 1 saturated carbocycles. The molecule has 0 spiro atoms. The van der Waals surface area contributed by atoms with E-state index < -0.39 is 10.0 Å². The van der Waals surface area contributed by atoms with Gasteiger partial charge in [-0.05, 0) is 47.6 Å². The Labute approximate surface area is 124 Å². The first-order chi connectivity index (χ1) is 8.97. The molecule has 1 aromatic heterocycles. The molecule has 0 saturated heterocycles. The van der Waals surface area contributed by atoms with Crippen LogP contribution in [0.5, 0.6) is 0 Å². The molecule has 0 atom stereocenters. The number of hydrogen-bond acceptors (Lipinski definition) is 4. The number of nitrogens with zero attached hydrogens (tertiary/aromatic N) is 3. The van der Waals surface area contributed by atoms with Gasteiger partial charge in [-0.3, -0.25) is 4.57 Å². The summed E-state index contributed by atoms with van der Waals surface area (Å²) < 4.78 is 25.8. The van der Waals surface area contributed by atoms with Crippen LogP contribution in [0.3, 0.4) is 0 Å². The van der Waals surface area contributed by atoms with Crippen molar-refractivity contribution in [2.75, 3.05) is 0 Å². The average Bonchev–Trinajstić information content (AvgIpc) is 3.07. The van der Waals surface area contributed by atoms with Crippen LogP contribution in [-0.4, -0.2) is 23.2 Å². The van der Waals surface area contributed by atoms with Crippen LogP contribution in [0, 0.1) is 3.57 Å². The highest BCUT2D eigenvalue weighted by atomic mass is 127. The zero-order valence-electron chi connectivity index (χ0n) is 9.82. The summed E-state index contributed by atoms with van der Waals surface area (Å²) in [7, 11) is -3.85. The van der Waals surface area contributed by atoms with E-state index in [1.807, 2.05) is 24.3 Å². The van der Waals surface area contributed by atoms with Gasteiger partial charge in [-0.2, -0.15) is 0 Å². The molecule has 0 radical (unpaired) electrons. The van der Waals surface area contributed by atoms with Gasteiger partial charge < -0.3 is 0 Å². The van der Waals surface area contributed by atoms with Crippen molar-refractivity contribution in [2.24, 2.45) is 5.14 Å².